The largest absolute Gasteiger partial charge is 0.469 e. The molecule has 1 rings (SSSR count). The van der Waals surface area contributed by atoms with Gasteiger partial charge in [-0.2, -0.15) is 0 Å². The molecular weight excluding hydrogens is 454 g/mol. The SMILES string of the molecule is COC(=O)CCC(C)(C)C(=O)[C@H](C)[C@@H](C)[C@@H](C)CCC/C(C)=C\C[C@H](C)/C(C)=C/c1csc(C)n1. The van der Waals surface area contributed by atoms with Crippen molar-refractivity contribution in [3.8, 4) is 0 Å². The summed E-state index contributed by atoms with van der Waals surface area (Å²) in [6.07, 6.45) is 9.82. The number of hydrogen-bond acceptors (Lipinski definition) is 5. The highest BCUT2D eigenvalue weighted by Gasteiger charge is 2.35. The number of nitrogens with zero attached hydrogens (tertiary/aromatic N) is 1. The second-order valence-electron chi connectivity index (χ2n) is 11.2. The Bertz CT molecular complexity index is 880. The fourth-order valence-electron chi connectivity index (χ4n) is 4.44. The van der Waals surface area contributed by atoms with E-state index < -0.39 is 5.41 Å². The van der Waals surface area contributed by atoms with E-state index in [4.69, 9.17) is 4.74 Å². The van der Waals surface area contributed by atoms with Gasteiger partial charge in [-0.3, -0.25) is 9.59 Å². The van der Waals surface area contributed by atoms with E-state index in [9.17, 15) is 9.59 Å². The number of allylic oxidation sites excluding steroid dienone is 3. The maximum atomic E-state index is 13.1. The van der Waals surface area contributed by atoms with Crippen LogP contribution >= 0.6 is 11.3 Å². The minimum absolute atomic E-state index is 0.0218. The van der Waals surface area contributed by atoms with Gasteiger partial charge in [-0.1, -0.05) is 65.2 Å². The summed E-state index contributed by atoms with van der Waals surface area (Å²) in [7, 11) is 1.39. The van der Waals surface area contributed by atoms with E-state index in [1.165, 1.54) is 18.3 Å². The first-order valence-electron chi connectivity index (χ1n) is 13.2. The van der Waals surface area contributed by atoms with Crippen LogP contribution in [0.4, 0.5) is 0 Å². The smallest absolute Gasteiger partial charge is 0.305 e. The quantitative estimate of drug-likeness (QED) is 0.178. The maximum Gasteiger partial charge on any atom is 0.305 e. The van der Waals surface area contributed by atoms with Crippen LogP contribution in [-0.4, -0.2) is 23.8 Å². The topological polar surface area (TPSA) is 56.3 Å². The highest BCUT2D eigenvalue weighted by atomic mass is 32.1. The van der Waals surface area contributed by atoms with Crippen LogP contribution < -0.4 is 0 Å². The van der Waals surface area contributed by atoms with Gasteiger partial charge in [-0.15, -0.1) is 11.3 Å². The fourth-order valence-corrected chi connectivity index (χ4v) is 5.01. The van der Waals surface area contributed by atoms with E-state index in [-0.39, 0.29) is 24.1 Å². The molecule has 1 heterocycles. The molecule has 0 aliphatic rings. The van der Waals surface area contributed by atoms with Gasteiger partial charge in [0.05, 0.1) is 17.8 Å². The lowest BCUT2D eigenvalue weighted by Crippen LogP contribution is -2.35. The molecular formula is C30H49NO3S. The van der Waals surface area contributed by atoms with Crippen LogP contribution in [0.2, 0.25) is 0 Å². The van der Waals surface area contributed by atoms with Crippen molar-refractivity contribution < 1.29 is 14.3 Å². The molecule has 0 bridgehead atoms. The van der Waals surface area contributed by atoms with E-state index >= 15 is 0 Å². The van der Waals surface area contributed by atoms with Crippen LogP contribution in [0.5, 0.6) is 0 Å². The summed E-state index contributed by atoms with van der Waals surface area (Å²) in [4.78, 5) is 29.2. The highest BCUT2D eigenvalue weighted by Crippen LogP contribution is 2.34. The lowest BCUT2D eigenvalue weighted by molar-refractivity contribution is -0.142. The molecule has 1 aromatic heterocycles. The Labute approximate surface area is 218 Å². The summed E-state index contributed by atoms with van der Waals surface area (Å²) in [5, 5.41) is 3.23. The Morgan fingerprint density at radius 1 is 1.14 bits per heavy atom. The zero-order valence-corrected chi connectivity index (χ0v) is 24.7. The molecule has 4 nitrogen and oxygen atoms in total. The van der Waals surface area contributed by atoms with E-state index in [1.807, 2.05) is 20.8 Å². The Morgan fingerprint density at radius 2 is 1.80 bits per heavy atom. The van der Waals surface area contributed by atoms with Gasteiger partial charge in [0.15, 0.2) is 0 Å². The van der Waals surface area contributed by atoms with Crippen LogP contribution in [0.1, 0.15) is 105 Å². The molecule has 35 heavy (non-hydrogen) atoms. The standard InChI is InChI=1S/C30H49NO3S/c1-20(14-15-21(2)23(4)18-27-19-35-26(7)31-27)12-11-13-22(3)24(5)25(6)29(33)30(8,9)17-16-28(32)34-10/h14,18-19,21-22,24-25H,11-13,15-17H2,1-10H3/b20-14-,23-18+/t21-,22-,24-,25+/m0/s1. The molecule has 0 saturated heterocycles. The third kappa shape index (κ3) is 10.8. The molecule has 0 aliphatic carbocycles. The van der Waals surface area contributed by atoms with Crippen LogP contribution in [0.3, 0.4) is 0 Å². The lowest BCUT2D eigenvalue weighted by atomic mass is 9.71. The van der Waals surface area contributed by atoms with Crippen molar-refractivity contribution >= 4 is 29.2 Å². The summed E-state index contributed by atoms with van der Waals surface area (Å²) in [5.41, 5.74) is 3.37. The first-order chi connectivity index (χ1) is 16.3. The summed E-state index contributed by atoms with van der Waals surface area (Å²) < 4.78 is 4.74. The number of aryl methyl sites for hydroxylation is 1. The zero-order chi connectivity index (χ0) is 26.8. The third-order valence-corrected chi connectivity index (χ3v) is 8.58. The second kappa shape index (κ2) is 14.7. The number of carbonyl (C=O) groups is 2. The number of carbonyl (C=O) groups excluding carboxylic acids is 2. The number of aromatic nitrogens is 1. The average molecular weight is 504 g/mol. The Morgan fingerprint density at radius 3 is 2.37 bits per heavy atom. The van der Waals surface area contributed by atoms with Gasteiger partial charge in [0.2, 0.25) is 0 Å². The van der Waals surface area contributed by atoms with Gasteiger partial charge in [0.25, 0.3) is 0 Å². The molecule has 5 heteroatoms. The Hall–Kier alpha value is -1.75. The molecule has 0 saturated carbocycles. The van der Waals surface area contributed by atoms with E-state index in [0.717, 1.165) is 36.4 Å². The second-order valence-corrected chi connectivity index (χ2v) is 12.3. The van der Waals surface area contributed by atoms with Crippen molar-refractivity contribution in [2.75, 3.05) is 7.11 Å². The molecule has 0 aliphatic heterocycles. The summed E-state index contributed by atoms with van der Waals surface area (Å²) in [6, 6.07) is 0. The summed E-state index contributed by atoms with van der Waals surface area (Å²) >= 11 is 1.69. The number of esters is 1. The third-order valence-electron chi connectivity index (χ3n) is 7.79. The number of Topliss-reactive ketones (excluding diaryl/α,β-unsaturated/α-hetero) is 1. The van der Waals surface area contributed by atoms with E-state index in [1.54, 1.807) is 11.3 Å². The normalized spacial score (nSPS) is 16.5. The molecule has 4 atom stereocenters. The van der Waals surface area contributed by atoms with Crippen molar-refractivity contribution in [3.05, 3.63) is 33.3 Å². The Balaban J connectivity index is 2.50. The molecule has 0 unspecified atom stereocenters. The number of thiazole rings is 1. The van der Waals surface area contributed by atoms with Crippen LogP contribution in [0.15, 0.2) is 22.6 Å². The van der Waals surface area contributed by atoms with Crippen LogP contribution in [0, 0.1) is 36.0 Å². The van der Waals surface area contributed by atoms with Crippen molar-refractivity contribution in [3.63, 3.8) is 0 Å². The number of ether oxygens (including phenoxy) is 1. The van der Waals surface area contributed by atoms with Gasteiger partial charge in [-0.25, -0.2) is 4.98 Å². The highest BCUT2D eigenvalue weighted by molar-refractivity contribution is 7.09. The first kappa shape index (κ1) is 31.3. The van der Waals surface area contributed by atoms with E-state index in [0.29, 0.717) is 24.2 Å². The van der Waals surface area contributed by atoms with Crippen molar-refractivity contribution in [2.45, 2.75) is 101 Å². The van der Waals surface area contributed by atoms with Gasteiger partial charge in [-0.05, 0) is 70.3 Å². The lowest BCUT2D eigenvalue weighted by Gasteiger charge is -2.32. The number of hydrogen-bond donors (Lipinski definition) is 0. The molecule has 0 spiro atoms. The molecule has 0 amide bonds. The zero-order valence-electron chi connectivity index (χ0n) is 23.9. The van der Waals surface area contributed by atoms with Gasteiger partial charge < -0.3 is 4.74 Å². The molecule has 0 fully saturated rings. The average Bonchev–Trinajstić information content (AvgIpc) is 3.23. The molecule has 198 valence electrons. The number of ketones is 1. The van der Waals surface area contributed by atoms with Gasteiger partial charge in [0.1, 0.15) is 5.78 Å². The first-order valence-corrected chi connectivity index (χ1v) is 14.0. The van der Waals surface area contributed by atoms with Gasteiger partial charge in [0, 0.05) is 23.1 Å². The molecule has 0 radical (unpaired) electrons. The molecule has 0 N–H and O–H groups in total. The minimum Gasteiger partial charge on any atom is -0.469 e. The van der Waals surface area contributed by atoms with Crippen LogP contribution in [0.25, 0.3) is 6.08 Å². The van der Waals surface area contributed by atoms with Crippen molar-refractivity contribution in [2.24, 2.45) is 29.1 Å². The summed E-state index contributed by atoms with van der Waals surface area (Å²) in [5.74, 6) is 1.27. The van der Waals surface area contributed by atoms with Gasteiger partial charge >= 0.3 is 5.97 Å². The molecule has 1 aromatic rings. The van der Waals surface area contributed by atoms with Crippen molar-refractivity contribution in [1.29, 1.82) is 0 Å². The molecule has 0 aromatic carbocycles. The minimum atomic E-state index is -0.511. The Kier molecular flexibility index (Phi) is 13.2. The monoisotopic (exact) mass is 503 g/mol. The maximum absolute atomic E-state index is 13.1. The van der Waals surface area contributed by atoms with Crippen molar-refractivity contribution in [1.82, 2.24) is 4.98 Å². The predicted octanol–water partition coefficient (Wildman–Crippen LogP) is 8.45. The fraction of sp³-hybridized carbons (Fsp3) is 0.700. The van der Waals surface area contributed by atoms with Crippen LogP contribution in [-0.2, 0) is 14.3 Å². The number of methoxy groups -OCH3 is 1. The summed E-state index contributed by atoms with van der Waals surface area (Å²) in [6.45, 7) is 19.2. The van der Waals surface area contributed by atoms with E-state index in [2.05, 4.69) is 64.1 Å². The predicted molar refractivity (Wildman–Crippen MR) is 149 cm³/mol. The number of rotatable bonds is 15.